The highest BCUT2D eigenvalue weighted by atomic mass is 79.9. The second-order valence-corrected chi connectivity index (χ2v) is 8.35. The van der Waals surface area contributed by atoms with Gasteiger partial charge in [-0.05, 0) is 61.2 Å². The molecule has 0 N–H and O–H groups in total. The van der Waals surface area contributed by atoms with E-state index in [0.717, 1.165) is 42.6 Å². The Balaban J connectivity index is 1.83. The number of benzene rings is 5. The molecule has 5 aromatic carbocycles. The summed E-state index contributed by atoms with van der Waals surface area (Å²) in [4.78, 5) is 0. The zero-order valence-corrected chi connectivity index (χ0v) is 17.6. The van der Waals surface area contributed by atoms with Crippen molar-refractivity contribution in [3.05, 3.63) is 94.4 Å². The molecule has 138 valence electrons. The van der Waals surface area contributed by atoms with E-state index in [9.17, 15) is 0 Å². The largest absolute Gasteiger partial charge is 0.456 e. The van der Waals surface area contributed by atoms with E-state index in [1.54, 1.807) is 0 Å². The van der Waals surface area contributed by atoms with Gasteiger partial charge in [0.15, 0.2) is 0 Å². The van der Waals surface area contributed by atoms with Gasteiger partial charge in [0.2, 0.25) is 0 Å². The van der Waals surface area contributed by atoms with Crippen molar-refractivity contribution in [3.63, 3.8) is 0 Å². The van der Waals surface area contributed by atoms with Crippen LogP contribution in [0.4, 0.5) is 0 Å². The highest BCUT2D eigenvalue weighted by Crippen LogP contribution is 2.46. The summed E-state index contributed by atoms with van der Waals surface area (Å²) in [6.07, 6.45) is 0. The maximum absolute atomic E-state index is 7.07. The minimum absolute atomic E-state index is 0.727. The molecule has 0 saturated heterocycles. The van der Waals surface area contributed by atoms with Crippen LogP contribution >= 0.6 is 27.5 Å². The van der Waals surface area contributed by atoms with Crippen LogP contribution < -0.4 is 0 Å². The predicted molar refractivity (Wildman–Crippen MR) is 127 cm³/mol. The molecule has 0 atom stereocenters. The van der Waals surface area contributed by atoms with Gasteiger partial charge in [-0.25, -0.2) is 0 Å². The number of fused-ring (bicyclic) bond motifs is 5. The van der Waals surface area contributed by atoms with E-state index in [-0.39, 0.29) is 0 Å². The maximum atomic E-state index is 7.07. The summed E-state index contributed by atoms with van der Waals surface area (Å²) in [6, 6.07) is 29.1. The minimum atomic E-state index is 0.727. The lowest BCUT2D eigenvalue weighted by atomic mass is 9.91. The molecule has 3 heteroatoms. The molecule has 0 bridgehead atoms. The zero-order valence-electron chi connectivity index (χ0n) is 15.2. The SMILES string of the molecule is Clc1c(-c2c3ccccc3c(Br)c3ccccc23)ccc2oc3ccccc3c12. The first-order valence-electron chi connectivity index (χ1n) is 9.43. The van der Waals surface area contributed by atoms with E-state index in [4.69, 9.17) is 16.0 Å². The first-order valence-corrected chi connectivity index (χ1v) is 10.6. The van der Waals surface area contributed by atoms with Crippen molar-refractivity contribution in [1.82, 2.24) is 0 Å². The van der Waals surface area contributed by atoms with E-state index in [1.807, 2.05) is 24.3 Å². The third-order valence-electron chi connectivity index (χ3n) is 5.62. The highest BCUT2D eigenvalue weighted by Gasteiger charge is 2.19. The Hall–Kier alpha value is -2.81. The monoisotopic (exact) mass is 456 g/mol. The predicted octanol–water partition coefficient (Wildman–Crippen LogP) is 8.98. The Kier molecular flexibility index (Phi) is 3.74. The van der Waals surface area contributed by atoms with Crippen LogP contribution in [0.1, 0.15) is 0 Å². The smallest absolute Gasteiger partial charge is 0.136 e. The molecule has 0 aliphatic rings. The van der Waals surface area contributed by atoms with Gasteiger partial charge in [0.05, 0.1) is 5.02 Å². The van der Waals surface area contributed by atoms with Crippen LogP contribution in [0.5, 0.6) is 0 Å². The van der Waals surface area contributed by atoms with Gasteiger partial charge in [-0.1, -0.05) is 78.3 Å². The molecule has 1 nitrogen and oxygen atoms in total. The quantitative estimate of drug-likeness (QED) is 0.224. The summed E-state index contributed by atoms with van der Waals surface area (Å²) in [5.41, 5.74) is 3.83. The van der Waals surface area contributed by atoms with Crippen LogP contribution in [0.15, 0.2) is 93.8 Å². The van der Waals surface area contributed by atoms with Crippen LogP contribution in [0.25, 0.3) is 54.6 Å². The third kappa shape index (κ3) is 2.40. The third-order valence-corrected chi connectivity index (χ3v) is 6.86. The van der Waals surface area contributed by atoms with Gasteiger partial charge >= 0.3 is 0 Å². The van der Waals surface area contributed by atoms with Crippen molar-refractivity contribution in [3.8, 4) is 11.1 Å². The van der Waals surface area contributed by atoms with Crippen LogP contribution in [-0.2, 0) is 0 Å². The Morgan fingerprint density at radius 1 is 0.586 bits per heavy atom. The maximum Gasteiger partial charge on any atom is 0.136 e. The van der Waals surface area contributed by atoms with Gasteiger partial charge in [0.25, 0.3) is 0 Å². The van der Waals surface area contributed by atoms with E-state index < -0.39 is 0 Å². The van der Waals surface area contributed by atoms with Gasteiger partial charge < -0.3 is 4.42 Å². The molecule has 6 aromatic rings. The first-order chi connectivity index (χ1) is 14.2. The average molecular weight is 458 g/mol. The van der Waals surface area contributed by atoms with Crippen LogP contribution in [0.3, 0.4) is 0 Å². The summed E-state index contributed by atoms with van der Waals surface area (Å²) in [5, 5.41) is 7.43. The molecular formula is C26H14BrClO. The van der Waals surface area contributed by atoms with Crippen molar-refractivity contribution in [2.24, 2.45) is 0 Å². The molecule has 0 spiro atoms. The van der Waals surface area contributed by atoms with Crippen LogP contribution in [0.2, 0.25) is 5.02 Å². The van der Waals surface area contributed by atoms with Gasteiger partial charge in [0, 0.05) is 20.8 Å². The van der Waals surface area contributed by atoms with E-state index >= 15 is 0 Å². The standard InChI is InChI=1S/C26H14BrClO/c27-25-17-9-3-1-7-15(17)23(16-8-2-4-10-18(16)25)20-13-14-22-24(26(20)28)19-11-5-6-12-21(19)29-22/h1-14H. The second kappa shape index (κ2) is 6.35. The van der Waals surface area contributed by atoms with Gasteiger partial charge in [-0.2, -0.15) is 0 Å². The Bertz CT molecular complexity index is 1520. The van der Waals surface area contributed by atoms with Gasteiger partial charge in [-0.15, -0.1) is 0 Å². The van der Waals surface area contributed by atoms with Gasteiger partial charge in [0.1, 0.15) is 11.2 Å². The Labute approximate surface area is 180 Å². The molecule has 0 amide bonds. The topological polar surface area (TPSA) is 13.1 Å². The normalized spacial score (nSPS) is 11.8. The molecular weight excluding hydrogens is 444 g/mol. The number of halogens is 2. The highest BCUT2D eigenvalue weighted by molar-refractivity contribution is 9.10. The summed E-state index contributed by atoms with van der Waals surface area (Å²) in [5.74, 6) is 0. The molecule has 0 aliphatic heterocycles. The molecule has 0 saturated carbocycles. The molecule has 1 heterocycles. The average Bonchev–Trinajstić information content (AvgIpc) is 3.15. The second-order valence-electron chi connectivity index (χ2n) is 7.18. The number of hydrogen-bond donors (Lipinski definition) is 0. The lowest BCUT2D eigenvalue weighted by molar-refractivity contribution is 0.669. The molecule has 6 rings (SSSR count). The number of furan rings is 1. The number of para-hydroxylation sites is 1. The number of rotatable bonds is 1. The van der Waals surface area contributed by atoms with Crippen molar-refractivity contribution < 1.29 is 4.42 Å². The fraction of sp³-hybridized carbons (Fsp3) is 0. The zero-order chi connectivity index (χ0) is 19.5. The molecule has 0 radical (unpaired) electrons. The molecule has 0 unspecified atom stereocenters. The minimum Gasteiger partial charge on any atom is -0.456 e. The van der Waals surface area contributed by atoms with E-state index in [2.05, 4.69) is 76.6 Å². The Morgan fingerprint density at radius 2 is 1.14 bits per heavy atom. The summed E-state index contributed by atoms with van der Waals surface area (Å²) < 4.78 is 7.14. The lowest BCUT2D eigenvalue weighted by Gasteiger charge is -2.15. The van der Waals surface area contributed by atoms with Crippen molar-refractivity contribution >= 4 is 71.0 Å². The van der Waals surface area contributed by atoms with Crippen molar-refractivity contribution in [2.75, 3.05) is 0 Å². The van der Waals surface area contributed by atoms with Gasteiger partial charge in [-0.3, -0.25) is 0 Å². The van der Waals surface area contributed by atoms with E-state index in [1.165, 1.54) is 21.5 Å². The molecule has 1 aromatic heterocycles. The van der Waals surface area contributed by atoms with Crippen LogP contribution in [0, 0.1) is 0 Å². The van der Waals surface area contributed by atoms with Crippen LogP contribution in [-0.4, -0.2) is 0 Å². The Morgan fingerprint density at radius 3 is 1.79 bits per heavy atom. The summed E-state index contributed by atoms with van der Waals surface area (Å²) in [7, 11) is 0. The molecule has 0 aliphatic carbocycles. The number of hydrogen-bond acceptors (Lipinski definition) is 1. The summed E-state index contributed by atoms with van der Waals surface area (Å²) in [6.45, 7) is 0. The molecule has 29 heavy (non-hydrogen) atoms. The lowest BCUT2D eigenvalue weighted by Crippen LogP contribution is -1.88. The summed E-state index contributed by atoms with van der Waals surface area (Å²) >= 11 is 10.9. The van der Waals surface area contributed by atoms with Crippen molar-refractivity contribution in [2.45, 2.75) is 0 Å². The van der Waals surface area contributed by atoms with E-state index in [0.29, 0.717) is 0 Å². The van der Waals surface area contributed by atoms with Crippen molar-refractivity contribution in [1.29, 1.82) is 0 Å². The molecule has 0 fully saturated rings. The fourth-order valence-electron chi connectivity index (χ4n) is 4.33. The first kappa shape index (κ1) is 17.1. The fourth-order valence-corrected chi connectivity index (χ4v) is 5.38.